The zero-order valence-electron chi connectivity index (χ0n) is 11.9. The molecule has 1 rings (SSSR count). The molecule has 1 aromatic carbocycles. The van der Waals surface area contributed by atoms with Crippen LogP contribution in [0.3, 0.4) is 0 Å². The van der Waals surface area contributed by atoms with Gasteiger partial charge in [0.15, 0.2) is 9.84 Å². The Labute approximate surface area is 119 Å². The number of nitrogens with zero attached hydrogens (tertiary/aromatic N) is 1. The van der Waals surface area contributed by atoms with Crippen LogP contribution in [0.5, 0.6) is 0 Å². The van der Waals surface area contributed by atoms with E-state index in [4.69, 9.17) is 10.5 Å². The number of amides is 1. The van der Waals surface area contributed by atoms with E-state index < -0.39 is 22.0 Å². The smallest absolute Gasteiger partial charge is 0.405 e. The van der Waals surface area contributed by atoms with Crippen molar-refractivity contribution in [2.75, 3.05) is 26.4 Å². The summed E-state index contributed by atoms with van der Waals surface area (Å²) in [5, 5.41) is 0. The van der Waals surface area contributed by atoms with E-state index in [-0.39, 0.29) is 10.6 Å². The van der Waals surface area contributed by atoms with Crippen molar-refractivity contribution in [1.82, 2.24) is 4.90 Å². The molecule has 112 valence electrons. The van der Waals surface area contributed by atoms with Gasteiger partial charge in [0.1, 0.15) is 6.10 Å². The van der Waals surface area contributed by atoms with Crippen LogP contribution < -0.4 is 5.73 Å². The molecule has 0 spiro atoms. The topological polar surface area (TPSA) is 89.7 Å². The van der Waals surface area contributed by atoms with Crippen molar-refractivity contribution in [3.8, 4) is 0 Å². The van der Waals surface area contributed by atoms with Crippen molar-refractivity contribution in [2.45, 2.75) is 17.9 Å². The van der Waals surface area contributed by atoms with Crippen LogP contribution in [0.2, 0.25) is 0 Å². The Kier molecular flexibility index (Phi) is 5.52. The molecule has 20 heavy (non-hydrogen) atoms. The molecular weight excluding hydrogens is 280 g/mol. The first-order valence-electron chi connectivity index (χ1n) is 6.19. The van der Waals surface area contributed by atoms with E-state index in [2.05, 4.69) is 0 Å². The van der Waals surface area contributed by atoms with Crippen molar-refractivity contribution in [2.24, 2.45) is 5.73 Å². The van der Waals surface area contributed by atoms with Gasteiger partial charge in [0.2, 0.25) is 0 Å². The second-order valence-electron chi connectivity index (χ2n) is 4.66. The highest BCUT2D eigenvalue weighted by Gasteiger charge is 2.18. The fourth-order valence-electron chi connectivity index (χ4n) is 1.74. The molecule has 0 aromatic heterocycles. The largest absolute Gasteiger partial charge is 0.440 e. The second-order valence-corrected chi connectivity index (χ2v) is 6.94. The molecule has 0 fully saturated rings. The molecule has 0 saturated carbocycles. The fourth-order valence-corrected chi connectivity index (χ4v) is 2.62. The summed E-state index contributed by atoms with van der Waals surface area (Å²) in [6, 6.07) is 6.31. The quantitative estimate of drug-likeness (QED) is 0.852. The average Bonchev–Trinajstić information content (AvgIpc) is 2.37. The van der Waals surface area contributed by atoms with E-state index in [0.717, 1.165) is 0 Å². The number of primary amides is 1. The molecule has 0 saturated heterocycles. The normalized spacial score (nSPS) is 13.2. The van der Waals surface area contributed by atoms with Gasteiger partial charge >= 0.3 is 6.09 Å². The van der Waals surface area contributed by atoms with Crippen LogP contribution in [-0.4, -0.2) is 45.8 Å². The number of carbonyl (C=O) groups excluding carboxylic acids is 1. The predicted molar refractivity (Wildman–Crippen MR) is 76.1 cm³/mol. The monoisotopic (exact) mass is 300 g/mol. The maximum absolute atomic E-state index is 11.7. The van der Waals surface area contributed by atoms with E-state index in [1.54, 1.807) is 19.1 Å². The third-order valence-corrected chi connectivity index (χ3v) is 4.53. The van der Waals surface area contributed by atoms with Crippen LogP contribution in [0, 0.1) is 0 Å². The molecule has 0 aliphatic carbocycles. The lowest BCUT2D eigenvalue weighted by atomic mass is 10.1. The minimum atomic E-state index is -3.23. The van der Waals surface area contributed by atoms with Crippen LogP contribution in [0.25, 0.3) is 0 Å². The van der Waals surface area contributed by atoms with Gasteiger partial charge in [-0.05, 0) is 31.8 Å². The fraction of sp³-hybridized carbons (Fsp3) is 0.462. The van der Waals surface area contributed by atoms with Gasteiger partial charge in [0.05, 0.1) is 10.6 Å². The van der Waals surface area contributed by atoms with Gasteiger partial charge in [-0.1, -0.05) is 19.1 Å². The molecule has 1 atom stereocenters. The summed E-state index contributed by atoms with van der Waals surface area (Å²) in [7, 11) is 0.451. The molecule has 6 nitrogen and oxygen atoms in total. The van der Waals surface area contributed by atoms with E-state index in [1.165, 1.54) is 12.1 Å². The lowest BCUT2D eigenvalue weighted by Gasteiger charge is -2.21. The summed E-state index contributed by atoms with van der Waals surface area (Å²) in [6.07, 6.45) is -1.39. The number of likely N-dealkylation sites (N-methyl/N-ethyl adjacent to an activating group) is 1. The maximum atomic E-state index is 11.7. The van der Waals surface area contributed by atoms with E-state index in [0.29, 0.717) is 12.1 Å². The summed E-state index contributed by atoms with van der Waals surface area (Å²) in [6.45, 7) is 2.05. The van der Waals surface area contributed by atoms with Gasteiger partial charge in [-0.25, -0.2) is 13.2 Å². The second kappa shape index (κ2) is 6.71. The number of sulfone groups is 1. The molecule has 0 heterocycles. The summed E-state index contributed by atoms with van der Waals surface area (Å²) in [5.41, 5.74) is 5.75. The number of hydrogen-bond acceptors (Lipinski definition) is 5. The first-order chi connectivity index (χ1) is 9.26. The summed E-state index contributed by atoms with van der Waals surface area (Å²) >= 11 is 0. The Hall–Kier alpha value is -1.60. The zero-order chi connectivity index (χ0) is 15.3. The first-order valence-corrected chi connectivity index (χ1v) is 7.85. The Morgan fingerprint density at radius 2 is 1.85 bits per heavy atom. The third kappa shape index (κ3) is 4.50. The van der Waals surface area contributed by atoms with Crippen molar-refractivity contribution in [3.05, 3.63) is 29.8 Å². The molecule has 2 N–H and O–H groups in total. The molecule has 0 aliphatic rings. The van der Waals surface area contributed by atoms with E-state index in [9.17, 15) is 13.2 Å². The standard InChI is InChI=1S/C13H20N2O4S/c1-4-20(17,18)11-7-5-10(6-8-11)12(9-15(2)3)19-13(14)16/h5-8,12H,4,9H2,1-3H3,(H2,14,16). The number of carbonyl (C=O) groups is 1. The Bertz CT molecular complexity index is 552. The van der Waals surface area contributed by atoms with Crippen LogP contribution in [0.15, 0.2) is 29.2 Å². The molecule has 1 aromatic rings. The Balaban J connectivity index is 3.01. The molecule has 1 unspecified atom stereocenters. The predicted octanol–water partition coefficient (Wildman–Crippen LogP) is 1.18. The third-order valence-electron chi connectivity index (χ3n) is 2.78. The van der Waals surface area contributed by atoms with Crippen LogP contribution in [0.4, 0.5) is 4.79 Å². The number of rotatable bonds is 6. The van der Waals surface area contributed by atoms with Crippen molar-refractivity contribution in [1.29, 1.82) is 0 Å². The molecule has 7 heteroatoms. The average molecular weight is 300 g/mol. The van der Waals surface area contributed by atoms with Gasteiger partial charge in [-0.2, -0.15) is 0 Å². The van der Waals surface area contributed by atoms with E-state index in [1.807, 2.05) is 19.0 Å². The molecule has 0 radical (unpaired) electrons. The number of nitrogens with two attached hydrogens (primary N) is 1. The van der Waals surface area contributed by atoms with Crippen LogP contribution in [-0.2, 0) is 14.6 Å². The number of ether oxygens (including phenoxy) is 1. The summed E-state index contributed by atoms with van der Waals surface area (Å²) in [4.78, 5) is 13.0. The van der Waals surface area contributed by atoms with Crippen LogP contribution in [0.1, 0.15) is 18.6 Å². The summed E-state index contributed by atoms with van der Waals surface area (Å²) < 4.78 is 28.5. The molecule has 0 bridgehead atoms. The summed E-state index contributed by atoms with van der Waals surface area (Å²) in [5.74, 6) is 0.0469. The lowest BCUT2D eigenvalue weighted by molar-refractivity contribution is 0.0884. The zero-order valence-corrected chi connectivity index (χ0v) is 12.7. The SMILES string of the molecule is CCS(=O)(=O)c1ccc(C(CN(C)C)OC(N)=O)cc1. The van der Waals surface area contributed by atoms with Crippen molar-refractivity contribution < 1.29 is 17.9 Å². The maximum Gasteiger partial charge on any atom is 0.405 e. The highest BCUT2D eigenvalue weighted by Crippen LogP contribution is 2.21. The Morgan fingerprint density at radius 1 is 1.30 bits per heavy atom. The van der Waals surface area contributed by atoms with Crippen LogP contribution >= 0.6 is 0 Å². The Morgan fingerprint density at radius 3 is 2.25 bits per heavy atom. The van der Waals surface area contributed by atoms with Gasteiger partial charge < -0.3 is 15.4 Å². The van der Waals surface area contributed by atoms with Gasteiger partial charge in [-0.3, -0.25) is 0 Å². The van der Waals surface area contributed by atoms with E-state index >= 15 is 0 Å². The highest BCUT2D eigenvalue weighted by molar-refractivity contribution is 7.91. The minimum absolute atomic E-state index is 0.0469. The number of benzene rings is 1. The van der Waals surface area contributed by atoms with Gasteiger partial charge in [-0.15, -0.1) is 0 Å². The van der Waals surface area contributed by atoms with Crippen molar-refractivity contribution in [3.63, 3.8) is 0 Å². The number of hydrogen-bond donors (Lipinski definition) is 1. The molecule has 1 amide bonds. The lowest BCUT2D eigenvalue weighted by Crippen LogP contribution is -2.26. The highest BCUT2D eigenvalue weighted by atomic mass is 32.2. The molecule has 0 aliphatic heterocycles. The molecular formula is C13H20N2O4S. The first kappa shape index (κ1) is 16.5. The van der Waals surface area contributed by atoms with Crippen molar-refractivity contribution >= 4 is 15.9 Å². The van der Waals surface area contributed by atoms with Gasteiger partial charge in [0.25, 0.3) is 0 Å². The minimum Gasteiger partial charge on any atom is -0.440 e. The van der Waals surface area contributed by atoms with Gasteiger partial charge in [0, 0.05) is 6.54 Å².